The number of hydrogen-bond acceptors (Lipinski definition) is 3. The fourth-order valence-corrected chi connectivity index (χ4v) is 3.61. The number of carboxylic acid groups (broad SMARTS) is 1. The van der Waals surface area contributed by atoms with Gasteiger partial charge in [-0.05, 0) is 35.7 Å². The lowest BCUT2D eigenvalue weighted by Crippen LogP contribution is -2.30. The van der Waals surface area contributed by atoms with Crippen molar-refractivity contribution in [3.05, 3.63) is 107 Å². The Labute approximate surface area is 174 Å². The van der Waals surface area contributed by atoms with Crippen LogP contribution in [-0.2, 0) is 6.42 Å². The second-order valence-electron chi connectivity index (χ2n) is 7.16. The summed E-state index contributed by atoms with van der Waals surface area (Å²) >= 11 is 0. The van der Waals surface area contributed by atoms with Crippen molar-refractivity contribution in [3.63, 3.8) is 0 Å². The maximum absolute atomic E-state index is 13.4. The van der Waals surface area contributed by atoms with Crippen LogP contribution in [-0.4, -0.2) is 28.4 Å². The summed E-state index contributed by atoms with van der Waals surface area (Å²) in [5.41, 5.74) is 3.79. The van der Waals surface area contributed by atoms with E-state index in [0.717, 1.165) is 22.0 Å². The van der Waals surface area contributed by atoms with Gasteiger partial charge in [0.05, 0.1) is 11.6 Å². The molecular weight excluding hydrogens is 376 g/mol. The number of hydrogen-bond donors (Lipinski definition) is 3. The van der Waals surface area contributed by atoms with E-state index in [2.05, 4.69) is 10.3 Å². The zero-order valence-corrected chi connectivity index (χ0v) is 16.3. The lowest BCUT2D eigenvalue weighted by atomic mass is 9.96. The Morgan fingerprint density at radius 3 is 2.33 bits per heavy atom. The third-order valence-electron chi connectivity index (χ3n) is 5.21. The largest absolute Gasteiger partial charge is 0.478 e. The molecule has 0 saturated heterocycles. The molecule has 0 aliphatic heterocycles. The van der Waals surface area contributed by atoms with Crippen molar-refractivity contribution < 1.29 is 14.7 Å². The van der Waals surface area contributed by atoms with Crippen molar-refractivity contribution in [2.24, 2.45) is 0 Å². The number of carboxylic acids is 1. The van der Waals surface area contributed by atoms with Gasteiger partial charge in [-0.3, -0.25) is 4.79 Å². The highest BCUT2D eigenvalue weighted by Gasteiger charge is 2.23. The summed E-state index contributed by atoms with van der Waals surface area (Å²) in [4.78, 5) is 27.6. The summed E-state index contributed by atoms with van der Waals surface area (Å²) in [7, 11) is 0. The zero-order valence-electron chi connectivity index (χ0n) is 16.3. The highest BCUT2D eigenvalue weighted by Crippen LogP contribution is 2.24. The van der Waals surface area contributed by atoms with Crippen molar-refractivity contribution in [2.45, 2.75) is 12.5 Å². The highest BCUT2D eigenvalue weighted by molar-refractivity contribution is 6.10. The fourth-order valence-electron chi connectivity index (χ4n) is 3.61. The van der Waals surface area contributed by atoms with E-state index in [0.29, 0.717) is 18.5 Å². The number of benzene rings is 3. The van der Waals surface area contributed by atoms with Crippen molar-refractivity contribution >= 4 is 22.7 Å². The van der Waals surface area contributed by atoms with Crippen molar-refractivity contribution in [3.8, 4) is 0 Å². The second-order valence-corrected chi connectivity index (χ2v) is 7.16. The van der Waals surface area contributed by atoms with Gasteiger partial charge in [0.15, 0.2) is 5.78 Å². The lowest BCUT2D eigenvalue weighted by molar-refractivity contribution is 0.0696. The van der Waals surface area contributed by atoms with Crippen LogP contribution in [0.2, 0.25) is 0 Å². The Hall–Kier alpha value is -3.70. The Balaban J connectivity index is 1.53. The van der Waals surface area contributed by atoms with Gasteiger partial charge in [-0.1, -0.05) is 60.7 Å². The van der Waals surface area contributed by atoms with E-state index < -0.39 is 12.0 Å². The molecule has 3 aromatic carbocycles. The molecule has 1 atom stereocenters. The number of aromatic amines is 1. The molecule has 5 nitrogen and oxygen atoms in total. The molecule has 0 saturated carbocycles. The number of rotatable bonds is 8. The Morgan fingerprint density at radius 1 is 0.900 bits per heavy atom. The van der Waals surface area contributed by atoms with Crippen LogP contribution in [0.25, 0.3) is 10.9 Å². The molecule has 0 spiro atoms. The number of aromatic nitrogens is 1. The molecule has 3 N–H and O–H groups in total. The minimum absolute atomic E-state index is 0.0138. The average molecular weight is 398 g/mol. The van der Waals surface area contributed by atoms with Crippen LogP contribution in [0.3, 0.4) is 0 Å². The number of fused-ring (bicyclic) bond motifs is 1. The van der Waals surface area contributed by atoms with E-state index >= 15 is 0 Å². The number of H-pyrrole nitrogens is 1. The minimum atomic E-state index is -0.937. The molecule has 0 radical (unpaired) electrons. The first-order valence-corrected chi connectivity index (χ1v) is 9.84. The summed E-state index contributed by atoms with van der Waals surface area (Å²) in [6, 6.07) is 23.8. The maximum Gasteiger partial charge on any atom is 0.335 e. The molecule has 4 aromatic rings. The number of Topliss-reactive ketones (excluding diaryl/α,β-unsaturated/α-hetero) is 1. The average Bonchev–Trinajstić information content (AvgIpc) is 3.21. The predicted octanol–water partition coefficient (Wildman–Crippen LogP) is 4.62. The van der Waals surface area contributed by atoms with Gasteiger partial charge in [0.25, 0.3) is 0 Å². The van der Waals surface area contributed by atoms with Gasteiger partial charge < -0.3 is 15.4 Å². The third kappa shape index (κ3) is 4.16. The molecule has 0 unspecified atom stereocenters. The SMILES string of the molecule is O=C(O)c1ccc(CCN[C@H](C(=O)c2c[nH]c3ccccc23)c2ccccc2)cc1. The summed E-state index contributed by atoms with van der Waals surface area (Å²) in [5.74, 6) is -0.923. The highest BCUT2D eigenvalue weighted by atomic mass is 16.4. The quantitative estimate of drug-likeness (QED) is 0.378. The Kier molecular flexibility index (Phi) is 5.72. The van der Waals surface area contributed by atoms with Crippen LogP contribution >= 0.6 is 0 Å². The van der Waals surface area contributed by atoms with Gasteiger partial charge in [0, 0.05) is 29.2 Å². The summed E-state index contributed by atoms with van der Waals surface area (Å²) < 4.78 is 0. The van der Waals surface area contributed by atoms with E-state index in [1.54, 1.807) is 18.3 Å². The minimum Gasteiger partial charge on any atom is -0.478 e. The van der Waals surface area contributed by atoms with Crippen molar-refractivity contribution in [1.82, 2.24) is 10.3 Å². The molecule has 0 amide bonds. The van der Waals surface area contributed by atoms with Crippen LogP contribution < -0.4 is 5.32 Å². The number of nitrogens with one attached hydrogen (secondary N) is 2. The molecule has 0 fully saturated rings. The number of carbonyl (C=O) groups is 2. The number of aromatic carboxylic acids is 1. The first-order valence-electron chi connectivity index (χ1n) is 9.84. The van der Waals surface area contributed by atoms with Gasteiger partial charge in [-0.15, -0.1) is 0 Å². The van der Waals surface area contributed by atoms with Gasteiger partial charge in [0.1, 0.15) is 0 Å². The number of ketones is 1. The molecule has 5 heteroatoms. The van der Waals surface area contributed by atoms with Crippen molar-refractivity contribution in [2.75, 3.05) is 6.54 Å². The Bertz CT molecular complexity index is 1160. The lowest BCUT2D eigenvalue weighted by Gasteiger charge is -2.18. The monoisotopic (exact) mass is 398 g/mol. The second kappa shape index (κ2) is 8.76. The van der Waals surface area contributed by atoms with E-state index in [1.807, 2.05) is 66.7 Å². The smallest absolute Gasteiger partial charge is 0.335 e. The van der Waals surface area contributed by atoms with Gasteiger partial charge in [-0.25, -0.2) is 4.79 Å². The third-order valence-corrected chi connectivity index (χ3v) is 5.21. The van der Waals surface area contributed by atoms with Gasteiger partial charge in [-0.2, -0.15) is 0 Å². The van der Waals surface area contributed by atoms with E-state index in [9.17, 15) is 9.59 Å². The van der Waals surface area contributed by atoms with Crippen LogP contribution in [0.1, 0.15) is 37.9 Å². The van der Waals surface area contributed by atoms with Crippen molar-refractivity contribution in [1.29, 1.82) is 0 Å². The summed E-state index contributed by atoms with van der Waals surface area (Å²) in [6.45, 7) is 0.583. The molecule has 0 aliphatic carbocycles. The molecule has 150 valence electrons. The maximum atomic E-state index is 13.4. The molecule has 4 rings (SSSR count). The first kappa shape index (κ1) is 19.6. The summed E-state index contributed by atoms with van der Waals surface area (Å²) in [6.07, 6.45) is 2.46. The fraction of sp³-hybridized carbons (Fsp3) is 0.120. The zero-order chi connectivity index (χ0) is 20.9. The number of para-hydroxylation sites is 1. The van der Waals surface area contributed by atoms with Crippen LogP contribution in [0.15, 0.2) is 85.1 Å². The Morgan fingerprint density at radius 2 is 1.60 bits per heavy atom. The molecule has 30 heavy (non-hydrogen) atoms. The topological polar surface area (TPSA) is 82.2 Å². The first-order chi connectivity index (χ1) is 14.6. The molecule has 0 aliphatic rings. The van der Waals surface area contributed by atoms with E-state index in [1.165, 1.54) is 0 Å². The number of carbonyl (C=O) groups excluding carboxylic acids is 1. The van der Waals surface area contributed by atoms with E-state index in [-0.39, 0.29) is 11.3 Å². The molecule has 0 bridgehead atoms. The van der Waals surface area contributed by atoms with Crippen LogP contribution in [0, 0.1) is 0 Å². The van der Waals surface area contributed by atoms with Gasteiger partial charge >= 0.3 is 5.97 Å². The normalized spacial score (nSPS) is 12.0. The van der Waals surface area contributed by atoms with Gasteiger partial charge in [0.2, 0.25) is 0 Å². The molecular formula is C25H22N2O3. The summed E-state index contributed by atoms with van der Waals surface area (Å²) in [5, 5.41) is 13.3. The van der Waals surface area contributed by atoms with Crippen LogP contribution in [0.5, 0.6) is 0 Å². The standard InChI is InChI=1S/C25H22N2O3/c28-24(21-16-27-22-9-5-4-8-20(21)22)23(18-6-2-1-3-7-18)26-15-14-17-10-12-19(13-11-17)25(29)30/h1-13,16,23,26-27H,14-15H2,(H,29,30)/t23-/m0/s1. The van der Waals surface area contributed by atoms with E-state index in [4.69, 9.17) is 5.11 Å². The van der Waals surface area contributed by atoms with Crippen LogP contribution in [0.4, 0.5) is 0 Å². The molecule has 1 heterocycles. The predicted molar refractivity (Wildman–Crippen MR) is 117 cm³/mol. The molecule has 1 aromatic heterocycles.